The number of nitrogens with one attached hydrogen (secondary N) is 2. The fraction of sp³-hybridized carbons (Fsp3) is 0.778. The molecule has 0 aromatic rings. The van der Waals surface area contributed by atoms with Gasteiger partial charge in [0.05, 0.1) is 0 Å². The third kappa shape index (κ3) is 4.86. The molecule has 1 unspecified atom stereocenters. The lowest BCUT2D eigenvalue weighted by molar-refractivity contribution is -0.119. The molecule has 1 spiro atoms. The van der Waals surface area contributed by atoms with Crippen LogP contribution in [0.5, 0.6) is 0 Å². The molecule has 0 radical (unpaired) electrons. The van der Waals surface area contributed by atoms with E-state index < -0.39 is 0 Å². The average Bonchev–Trinajstić information content (AvgIpc) is 2.92. The number of guanidine groups is 1. The van der Waals surface area contributed by atoms with Crippen molar-refractivity contribution in [3.05, 3.63) is 11.6 Å². The highest BCUT2D eigenvalue weighted by atomic mass is 127. The van der Waals surface area contributed by atoms with E-state index in [2.05, 4.69) is 26.6 Å². The van der Waals surface area contributed by atoms with Gasteiger partial charge in [0.2, 0.25) is 5.91 Å². The van der Waals surface area contributed by atoms with E-state index in [0.29, 0.717) is 6.42 Å². The Labute approximate surface area is 162 Å². The number of likely N-dealkylation sites (tertiary alicyclic amines) is 1. The third-order valence-electron chi connectivity index (χ3n) is 5.48. The number of rotatable bonds is 3. The van der Waals surface area contributed by atoms with Crippen molar-refractivity contribution in [2.75, 3.05) is 33.2 Å². The molecule has 2 saturated heterocycles. The van der Waals surface area contributed by atoms with Crippen LogP contribution in [-0.2, 0) is 4.79 Å². The second-order valence-electron chi connectivity index (χ2n) is 7.31. The molecule has 6 heteroatoms. The van der Waals surface area contributed by atoms with Crippen LogP contribution in [0.25, 0.3) is 0 Å². The van der Waals surface area contributed by atoms with Crippen LogP contribution in [0.1, 0.15) is 51.4 Å². The van der Waals surface area contributed by atoms with Crippen molar-refractivity contribution in [2.24, 2.45) is 10.4 Å². The van der Waals surface area contributed by atoms with E-state index in [-0.39, 0.29) is 35.3 Å². The van der Waals surface area contributed by atoms with Gasteiger partial charge in [0, 0.05) is 45.1 Å². The zero-order valence-electron chi connectivity index (χ0n) is 14.8. The predicted octanol–water partition coefficient (Wildman–Crippen LogP) is 2.67. The molecule has 136 valence electrons. The highest BCUT2D eigenvalue weighted by Gasteiger charge is 2.42. The molecule has 0 aromatic carbocycles. The molecule has 3 rings (SSSR count). The van der Waals surface area contributed by atoms with Gasteiger partial charge in [0.15, 0.2) is 5.96 Å². The zero-order valence-corrected chi connectivity index (χ0v) is 17.1. The largest absolute Gasteiger partial charge is 0.356 e. The fourth-order valence-corrected chi connectivity index (χ4v) is 4.23. The number of halogens is 1. The van der Waals surface area contributed by atoms with Gasteiger partial charge in [0.1, 0.15) is 0 Å². The smallest absolute Gasteiger partial charge is 0.220 e. The molecule has 1 aliphatic carbocycles. The molecule has 0 bridgehead atoms. The van der Waals surface area contributed by atoms with Gasteiger partial charge >= 0.3 is 0 Å². The summed E-state index contributed by atoms with van der Waals surface area (Å²) in [5, 5.41) is 6.54. The summed E-state index contributed by atoms with van der Waals surface area (Å²) in [6.07, 6.45) is 11.7. The molecule has 1 amide bonds. The van der Waals surface area contributed by atoms with E-state index >= 15 is 0 Å². The van der Waals surface area contributed by atoms with E-state index in [0.717, 1.165) is 51.4 Å². The number of piperidine rings is 1. The molecule has 2 fully saturated rings. The molecule has 0 aromatic heterocycles. The molecule has 2 N–H and O–H groups in total. The topological polar surface area (TPSA) is 56.7 Å². The summed E-state index contributed by atoms with van der Waals surface area (Å²) in [5.41, 5.74) is 1.72. The first-order valence-corrected chi connectivity index (χ1v) is 9.11. The number of carbonyl (C=O) groups excluding carboxylic acids is 1. The highest BCUT2D eigenvalue weighted by Crippen LogP contribution is 2.36. The monoisotopic (exact) mass is 446 g/mol. The first-order chi connectivity index (χ1) is 11.2. The molecule has 2 heterocycles. The maximum absolute atomic E-state index is 11.6. The van der Waals surface area contributed by atoms with E-state index in [4.69, 9.17) is 0 Å². The Kier molecular flexibility index (Phi) is 7.37. The number of hydrogen-bond donors (Lipinski definition) is 2. The van der Waals surface area contributed by atoms with Crippen LogP contribution in [-0.4, -0.2) is 50.0 Å². The van der Waals surface area contributed by atoms with Crippen LogP contribution >= 0.6 is 24.0 Å². The van der Waals surface area contributed by atoms with Gasteiger partial charge in [-0.15, -0.1) is 24.0 Å². The van der Waals surface area contributed by atoms with Gasteiger partial charge in [0.25, 0.3) is 0 Å². The molecular formula is C18H31IN4O. The van der Waals surface area contributed by atoms with Gasteiger partial charge in [-0.1, -0.05) is 11.6 Å². The fourth-order valence-electron chi connectivity index (χ4n) is 4.23. The molecular weight excluding hydrogens is 415 g/mol. The first-order valence-electron chi connectivity index (χ1n) is 9.11. The summed E-state index contributed by atoms with van der Waals surface area (Å²) >= 11 is 0. The van der Waals surface area contributed by atoms with Crippen molar-refractivity contribution >= 4 is 35.8 Å². The predicted molar refractivity (Wildman–Crippen MR) is 109 cm³/mol. The molecule has 5 nitrogen and oxygen atoms in total. The Balaban J connectivity index is 0.00000208. The lowest BCUT2D eigenvalue weighted by Crippen LogP contribution is -2.51. The maximum Gasteiger partial charge on any atom is 0.220 e. The Morgan fingerprint density at radius 2 is 2.29 bits per heavy atom. The number of amides is 1. The van der Waals surface area contributed by atoms with Gasteiger partial charge in [-0.2, -0.15) is 0 Å². The van der Waals surface area contributed by atoms with Gasteiger partial charge in [-0.3, -0.25) is 9.79 Å². The minimum Gasteiger partial charge on any atom is -0.356 e. The van der Waals surface area contributed by atoms with Gasteiger partial charge < -0.3 is 15.5 Å². The van der Waals surface area contributed by atoms with E-state index in [9.17, 15) is 4.79 Å². The number of carbonyl (C=O) groups is 1. The number of nitrogens with zero attached hydrogens (tertiary/aromatic N) is 2. The number of hydrogen-bond acceptors (Lipinski definition) is 2. The highest BCUT2D eigenvalue weighted by molar-refractivity contribution is 14.0. The van der Waals surface area contributed by atoms with Crippen LogP contribution in [0.3, 0.4) is 0 Å². The second kappa shape index (κ2) is 9.06. The lowest BCUT2D eigenvalue weighted by Gasteiger charge is -2.40. The standard InChI is InChI=1S/C18H30N4O.HI/c1-19-17(20-10-8-15-6-3-2-4-7-15)22-11-5-9-18(14-22)12-16(23)21-13-18;/h6H,2-5,7-14H2,1H3,(H,19,20)(H,21,23);1H. The summed E-state index contributed by atoms with van der Waals surface area (Å²) in [6.45, 7) is 3.76. The van der Waals surface area contributed by atoms with Crippen molar-refractivity contribution in [1.29, 1.82) is 0 Å². The van der Waals surface area contributed by atoms with Crippen molar-refractivity contribution in [1.82, 2.24) is 15.5 Å². The quantitative estimate of drug-likeness (QED) is 0.304. The van der Waals surface area contributed by atoms with Crippen LogP contribution in [0.2, 0.25) is 0 Å². The molecule has 24 heavy (non-hydrogen) atoms. The first kappa shape index (κ1) is 19.5. The summed E-state index contributed by atoms with van der Waals surface area (Å²) < 4.78 is 0. The van der Waals surface area contributed by atoms with Crippen molar-refractivity contribution in [3.8, 4) is 0 Å². The van der Waals surface area contributed by atoms with Crippen molar-refractivity contribution in [3.63, 3.8) is 0 Å². The van der Waals surface area contributed by atoms with E-state index in [1.54, 1.807) is 5.57 Å². The lowest BCUT2D eigenvalue weighted by atomic mass is 9.79. The zero-order chi connectivity index (χ0) is 16.1. The van der Waals surface area contributed by atoms with Crippen LogP contribution in [0.4, 0.5) is 0 Å². The van der Waals surface area contributed by atoms with Crippen molar-refractivity contribution in [2.45, 2.75) is 51.4 Å². The van der Waals surface area contributed by atoms with Crippen molar-refractivity contribution < 1.29 is 4.79 Å². The Morgan fingerprint density at radius 1 is 1.42 bits per heavy atom. The number of aliphatic imine (C=N–C) groups is 1. The Morgan fingerprint density at radius 3 is 2.96 bits per heavy atom. The minimum absolute atomic E-state index is 0. The Bertz CT molecular complexity index is 505. The summed E-state index contributed by atoms with van der Waals surface area (Å²) in [6, 6.07) is 0. The molecule has 1 atom stereocenters. The van der Waals surface area contributed by atoms with E-state index in [1.165, 1.54) is 25.7 Å². The maximum atomic E-state index is 11.6. The Hall–Kier alpha value is -0.790. The van der Waals surface area contributed by atoms with Gasteiger partial charge in [-0.25, -0.2) is 0 Å². The minimum atomic E-state index is 0. The second-order valence-corrected chi connectivity index (χ2v) is 7.31. The molecule has 2 aliphatic heterocycles. The van der Waals surface area contributed by atoms with Crippen LogP contribution in [0, 0.1) is 5.41 Å². The van der Waals surface area contributed by atoms with Crippen LogP contribution in [0.15, 0.2) is 16.6 Å². The summed E-state index contributed by atoms with van der Waals surface area (Å²) in [4.78, 5) is 18.4. The third-order valence-corrected chi connectivity index (χ3v) is 5.48. The van der Waals surface area contributed by atoms with Crippen LogP contribution < -0.4 is 10.6 Å². The molecule has 0 saturated carbocycles. The summed E-state index contributed by atoms with van der Waals surface area (Å²) in [7, 11) is 1.86. The molecule has 3 aliphatic rings. The average molecular weight is 446 g/mol. The summed E-state index contributed by atoms with van der Waals surface area (Å²) in [5.74, 6) is 1.21. The normalized spacial score (nSPS) is 27.5. The van der Waals surface area contributed by atoms with E-state index in [1.807, 2.05) is 7.05 Å². The number of allylic oxidation sites excluding steroid dienone is 1. The SMILES string of the molecule is CN=C(NCCC1=CCCCC1)N1CCCC2(CNC(=O)C2)C1.I. The van der Waals surface area contributed by atoms with Gasteiger partial charge in [-0.05, 0) is 44.9 Å².